The maximum atomic E-state index is 12.4. The van der Waals surface area contributed by atoms with Gasteiger partial charge in [0.15, 0.2) is 0 Å². The number of aromatic nitrogens is 1. The van der Waals surface area contributed by atoms with Crippen molar-refractivity contribution in [3.05, 3.63) is 69.3 Å². The van der Waals surface area contributed by atoms with Gasteiger partial charge < -0.3 is 0 Å². The van der Waals surface area contributed by atoms with E-state index in [1.165, 1.54) is 4.90 Å². The van der Waals surface area contributed by atoms with Gasteiger partial charge in [0.05, 0.1) is 17.1 Å². The van der Waals surface area contributed by atoms with Crippen LogP contribution in [0.25, 0.3) is 6.08 Å². The lowest BCUT2D eigenvalue weighted by Gasteiger charge is -2.13. The van der Waals surface area contributed by atoms with Crippen LogP contribution in [0.3, 0.4) is 0 Å². The highest BCUT2D eigenvalue weighted by atomic mass is 79.9. The van der Waals surface area contributed by atoms with Gasteiger partial charge in [0, 0.05) is 10.7 Å². The lowest BCUT2D eigenvalue weighted by atomic mass is 10.2. The van der Waals surface area contributed by atoms with E-state index in [1.54, 1.807) is 24.4 Å². The van der Waals surface area contributed by atoms with Gasteiger partial charge in [-0.2, -0.15) is 0 Å². The molecule has 2 aromatic rings. The Morgan fingerprint density at radius 1 is 1.14 bits per heavy atom. The summed E-state index contributed by atoms with van der Waals surface area (Å²) in [7, 11) is 0. The van der Waals surface area contributed by atoms with E-state index >= 15 is 0 Å². The molecule has 1 aliphatic rings. The molecule has 0 aliphatic carbocycles. The van der Waals surface area contributed by atoms with Crippen molar-refractivity contribution in [2.45, 2.75) is 6.54 Å². The van der Waals surface area contributed by atoms with Gasteiger partial charge >= 0.3 is 0 Å². The summed E-state index contributed by atoms with van der Waals surface area (Å²) in [6.45, 7) is 0.256. The number of carbonyl (C=O) groups is 2. The second-order valence-corrected chi connectivity index (χ2v) is 6.46. The molecule has 0 N–H and O–H groups in total. The molecular formula is C16H11BrN2O2S. The number of halogens is 1. The largest absolute Gasteiger partial charge is 0.293 e. The molecule has 1 fully saturated rings. The molecule has 22 heavy (non-hydrogen) atoms. The topological polar surface area (TPSA) is 50.3 Å². The van der Waals surface area contributed by atoms with Gasteiger partial charge in [-0.15, -0.1) is 0 Å². The first-order chi connectivity index (χ1) is 10.6. The van der Waals surface area contributed by atoms with Crippen molar-refractivity contribution < 1.29 is 9.59 Å². The molecule has 0 saturated carbocycles. The molecule has 0 bridgehead atoms. The Hall–Kier alpha value is -1.92. The lowest BCUT2D eigenvalue weighted by Crippen LogP contribution is -2.27. The van der Waals surface area contributed by atoms with Gasteiger partial charge in [-0.3, -0.25) is 19.5 Å². The summed E-state index contributed by atoms with van der Waals surface area (Å²) in [5.74, 6) is -0.281. The van der Waals surface area contributed by atoms with Crippen LogP contribution < -0.4 is 0 Å². The maximum absolute atomic E-state index is 12.4. The third-order valence-electron chi connectivity index (χ3n) is 3.13. The normalized spacial score (nSPS) is 16.6. The lowest BCUT2D eigenvalue weighted by molar-refractivity contribution is -0.123. The smallest absolute Gasteiger partial charge is 0.268 e. The summed E-state index contributed by atoms with van der Waals surface area (Å²) < 4.78 is 0.878. The molecule has 1 aliphatic heterocycles. The minimum Gasteiger partial charge on any atom is -0.268 e. The summed E-state index contributed by atoms with van der Waals surface area (Å²) in [6.07, 6.45) is 3.29. The number of hydrogen-bond acceptors (Lipinski definition) is 4. The van der Waals surface area contributed by atoms with Gasteiger partial charge in [-0.25, -0.2) is 0 Å². The molecule has 4 nitrogen and oxygen atoms in total. The molecule has 2 heterocycles. The predicted molar refractivity (Wildman–Crippen MR) is 89.9 cm³/mol. The van der Waals surface area contributed by atoms with Crippen molar-refractivity contribution in [3.63, 3.8) is 0 Å². The SMILES string of the molecule is O=C1S/C(=C\c2ccccn2)C(=O)N1Cc1ccccc1Br. The zero-order valence-electron chi connectivity index (χ0n) is 11.4. The second-order valence-electron chi connectivity index (χ2n) is 4.61. The molecule has 3 rings (SSSR count). The Balaban J connectivity index is 1.83. The van der Waals surface area contributed by atoms with Gasteiger partial charge in [0.2, 0.25) is 0 Å². The van der Waals surface area contributed by atoms with E-state index in [-0.39, 0.29) is 17.7 Å². The molecular weight excluding hydrogens is 364 g/mol. The molecule has 1 aromatic carbocycles. The standard InChI is InChI=1S/C16H11BrN2O2S/c17-13-7-2-1-5-11(13)10-19-15(20)14(22-16(19)21)9-12-6-3-4-8-18-12/h1-9H,10H2/b14-9-. The predicted octanol–water partition coefficient (Wildman–Crippen LogP) is 4.08. The Morgan fingerprint density at radius 3 is 2.64 bits per heavy atom. The van der Waals surface area contributed by atoms with E-state index < -0.39 is 0 Å². The third-order valence-corrected chi connectivity index (χ3v) is 4.81. The first kappa shape index (κ1) is 15.0. The fourth-order valence-electron chi connectivity index (χ4n) is 2.03. The van der Waals surface area contributed by atoms with Crippen molar-refractivity contribution in [2.75, 3.05) is 0 Å². The molecule has 1 saturated heterocycles. The molecule has 110 valence electrons. The zero-order valence-corrected chi connectivity index (χ0v) is 13.8. The van der Waals surface area contributed by atoms with E-state index in [9.17, 15) is 9.59 Å². The Morgan fingerprint density at radius 2 is 1.91 bits per heavy atom. The van der Waals surface area contributed by atoms with E-state index in [0.29, 0.717) is 10.6 Å². The molecule has 2 amide bonds. The van der Waals surface area contributed by atoms with Crippen molar-refractivity contribution in [1.29, 1.82) is 0 Å². The molecule has 6 heteroatoms. The zero-order chi connectivity index (χ0) is 15.5. The van der Waals surface area contributed by atoms with Crippen LogP contribution in [0.15, 0.2) is 58.0 Å². The number of rotatable bonds is 3. The summed E-state index contributed by atoms with van der Waals surface area (Å²) >= 11 is 4.38. The van der Waals surface area contributed by atoms with Crippen LogP contribution in [0.5, 0.6) is 0 Å². The average molecular weight is 375 g/mol. The second kappa shape index (κ2) is 6.46. The van der Waals surface area contributed by atoms with Crippen molar-refractivity contribution >= 4 is 44.9 Å². The molecule has 0 radical (unpaired) electrons. The quantitative estimate of drug-likeness (QED) is 0.759. The van der Waals surface area contributed by atoms with Crippen LogP contribution in [0.4, 0.5) is 4.79 Å². The monoisotopic (exact) mass is 374 g/mol. The van der Waals surface area contributed by atoms with Gasteiger partial charge in [-0.1, -0.05) is 40.2 Å². The Bertz CT molecular complexity index is 762. The van der Waals surface area contributed by atoms with Gasteiger partial charge in [0.25, 0.3) is 11.1 Å². The van der Waals surface area contributed by atoms with E-state index in [2.05, 4.69) is 20.9 Å². The number of carbonyl (C=O) groups excluding carboxylic acids is 2. The summed E-state index contributed by atoms with van der Waals surface area (Å²) in [5.41, 5.74) is 1.55. The number of thioether (sulfide) groups is 1. The number of benzene rings is 1. The summed E-state index contributed by atoms with van der Waals surface area (Å²) in [5, 5.41) is -0.261. The molecule has 0 spiro atoms. The van der Waals surface area contributed by atoms with Crippen LogP contribution in [0.1, 0.15) is 11.3 Å². The van der Waals surface area contributed by atoms with E-state index in [0.717, 1.165) is 21.8 Å². The molecule has 0 unspecified atom stereocenters. The first-order valence-electron chi connectivity index (χ1n) is 6.55. The number of amides is 2. The van der Waals surface area contributed by atoms with Crippen molar-refractivity contribution in [2.24, 2.45) is 0 Å². The molecule has 0 atom stereocenters. The number of imide groups is 1. The fourth-order valence-corrected chi connectivity index (χ4v) is 3.26. The minimum absolute atomic E-state index is 0.256. The first-order valence-corrected chi connectivity index (χ1v) is 8.16. The minimum atomic E-state index is -0.281. The van der Waals surface area contributed by atoms with Crippen LogP contribution in [0, 0.1) is 0 Å². The number of hydrogen-bond donors (Lipinski definition) is 0. The van der Waals surface area contributed by atoms with Crippen molar-refractivity contribution in [1.82, 2.24) is 9.88 Å². The number of nitrogens with zero attached hydrogens (tertiary/aromatic N) is 2. The van der Waals surface area contributed by atoms with Crippen LogP contribution in [0.2, 0.25) is 0 Å². The highest BCUT2D eigenvalue weighted by molar-refractivity contribution is 9.10. The maximum Gasteiger partial charge on any atom is 0.293 e. The van der Waals surface area contributed by atoms with E-state index in [1.807, 2.05) is 30.3 Å². The fraction of sp³-hybridized carbons (Fsp3) is 0.0625. The van der Waals surface area contributed by atoms with Crippen LogP contribution >= 0.6 is 27.7 Å². The van der Waals surface area contributed by atoms with Crippen molar-refractivity contribution in [3.8, 4) is 0 Å². The molecule has 1 aromatic heterocycles. The van der Waals surface area contributed by atoms with E-state index in [4.69, 9.17) is 0 Å². The number of pyridine rings is 1. The highest BCUT2D eigenvalue weighted by Crippen LogP contribution is 2.33. The highest BCUT2D eigenvalue weighted by Gasteiger charge is 2.35. The summed E-state index contributed by atoms with van der Waals surface area (Å²) in [4.78, 5) is 30.3. The van der Waals surface area contributed by atoms with Crippen LogP contribution in [-0.2, 0) is 11.3 Å². The Kier molecular flexibility index (Phi) is 4.40. The average Bonchev–Trinajstić information content (AvgIpc) is 2.78. The third kappa shape index (κ3) is 3.13. The summed E-state index contributed by atoms with van der Waals surface area (Å²) in [6, 6.07) is 13.0. The van der Waals surface area contributed by atoms with Crippen LogP contribution in [-0.4, -0.2) is 21.0 Å². The van der Waals surface area contributed by atoms with Gasteiger partial charge in [-0.05, 0) is 41.6 Å². The van der Waals surface area contributed by atoms with Gasteiger partial charge in [0.1, 0.15) is 0 Å². The Labute approximate surface area is 140 Å².